The van der Waals surface area contributed by atoms with E-state index in [-0.39, 0.29) is 16.9 Å². The molecule has 1 N–H and O–H groups in total. The molecule has 0 spiro atoms. The smallest absolute Gasteiger partial charge is 0.327 e. The van der Waals surface area contributed by atoms with Crippen molar-refractivity contribution in [3.05, 3.63) is 29.1 Å². The number of nitrogens with zero attached hydrogens (tertiary/aromatic N) is 1. The Kier molecular flexibility index (Phi) is 6.13. The summed E-state index contributed by atoms with van der Waals surface area (Å²) in [5.41, 5.74) is 0.477. The molecule has 7 nitrogen and oxygen atoms in total. The Morgan fingerprint density at radius 3 is 2.43 bits per heavy atom. The van der Waals surface area contributed by atoms with Gasteiger partial charge in [0.15, 0.2) is 9.84 Å². The Labute approximate surface area is 205 Å². The summed E-state index contributed by atoms with van der Waals surface area (Å²) in [4.78, 5) is 25.4. The second kappa shape index (κ2) is 8.75. The van der Waals surface area contributed by atoms with Crippen LogP contribution in [0.15, 0.2) is 12.1 Å². The number of amides is 1. The molecule has 1 aromatic carbocycles. The first-order chi connectivity index (χ1) is 16.4. The monoisotopic (exact) mass is 507 g/mol. The van der Waals surface area contributed by atoms with Gasteiger partial charge in [0, 0.05) is 11.5 Å². The van der Waals surface area contributed by atoms with E-state index >= 15 is 4.39 Å². The zero-order valence-corrected chi connectivity index (χ0v) is 21.2. The van der Waals surface area contributed by atoms with Crippen molar-refractivity contribution in [1.29, 1.82) is 0 Å². The highest BCUT2D eigenvalue weighted by atomic mass is 32.2. The molecule has 0 radical (unpaired) electrons. The van der Waals surface area contributed by atoms with E-state index in [2.05, 4.69) is 13.8 Å². The minimum Gasteiger partial charge on any atom is -0.493 e. The molecule has 0 aromatic heterocycles. The summed E-state index contributed by atoms with van der Waals surface area (Å²) in [6.07, 6.45) is 7.83. The number of benzene rings is 1. The molecule has 1 aromatic rings. The van der Waals surface area contributed by atoms with Gasteiger partial charge in [-0.1, -0.05) is 13.8 Å². The predicted octanol–water partition coefficient (Wildman–Crippen LogP) is 4.22. The molecule has 1 saturated heterocycles. The van der Waals surface area contributed by atoms with Gasteiger partial charge in [0.05, 0.1) is 17.9 Å². The maximum absolute atomic E-state index is 15.2. The minimum absolute atomic E-state index is 0.0259. The van der Waals surface area contributed by atoms with Crippen molar-refractivity contribution in [2.45, 2.75) is 70.8 Å². The van der Waals surface area contributed by atoms with Gasteiger partial charge in [-0.2, -0.15) is 0 Å². The lowest BCUT2D eigenvalue weighted by Gasteiger charge is -2.47. The fraction of sp³-hybridized carbons (Fsp3) is 0.692. The van der Waals surface area contributed by atoms with Crippen molar-refractivity contribution in [1.82, 2.24) is 4.90 Å². The van der Waals surface area contributed by atoms with Gasteiger partial charge in [-0.3, -0.25) is 4.79 Å². The number of rotatable bonds is 6. The van der Waals surface area contributed by atoms with Crippen molar-refractivity contribution in [3.63, 3.8) is 0 Å². The fourth-order valence-corrected chi connectivity index (χ4v) is 8.53. The first-order valence-electron chi connectivity index (χ1n) is 12.6. The molecular formula is C26H34FNO6S. The molecule has 3 atom stereocenters. The van der Waals surface area contributed by atoms with Crippen LogP contribution in [0.2, 0.25) is 0 Å². The Balaban J connectivity index is 1.37. The first kappa shape index (κ1) is 24.5. The van der Waals surface area contributed by atoms with Crippen LogP contribution < -0.4 is 4.74 Å². The zero-order chi connectivity index (χ0) is 25.1. The lowest BCUT2D eigenvalue weighted by Crippen LogP contribution is -2.42. The fourth-order valence-electron chi connectivity index (χ4n) is 6.90. The maximum atomic E-state index is 15.2. The van der Waals surface area contributed by atoms with E-state index in [0.717, 1.165) is 42.1 Å². The Morgan fingerprint density at radius 1 is 1.17 bits per heavy atom. The first-order valence-corrected chi connectivity index (χ1v) is 14.5. The molecule has 1 heterocycles. The number of ether oxygens (including phenoxy) is 1. The van der Waals surface area contributed by atoms with Gasteiger partial charge in [-0.15, -0.1) is 0 Å². The van der Waals surface area contributed by atoms with E-state index in [1.165, 1.54) is 31.4 Å². The van der Waals surface area contributed by atoms with Crippen molar-refractivity contribution in [3.8, 4) is 5.75 Å². The normalized spacial score (nSPS) is 34.0. The number of carbonyl (C=O) groups is 2. The number of sulfone groups is 1. The number of carboxylic acids is 1. The second-order valence-electron chi connectivity index (χ2n) is 11.9. The third-order valence-electron chi connectivity index (χ3n) is 8.29. The minimum atomic E-state index is -3.74. The summed E-state index contributed by atoms with van der Waals surface area (Å²) in [6.45, 7) is 5.08. The van der Waals surface area contributed by atoms with Gasteiger partial charge < -0.3 is 14.7 Å². The molecule has 2 unspecified atom stereocenters. The van der Waals surface area contributed by atoms with Crippen LogP contribution in [0.4, 0.5) is 4.39 Å². The Morgan fingerprint density at radius 2 is 1.83 bits per heavy atom. The quantitative estimate of drug-likeness (QED) is 0.619. The largest absolute Gasteiger partial charge is 0.493 e. The summed E-state index contributed by atoms with van der Waals surface area (Å²) in [5.74, 6) is -1.73. The Hall–Kier alpha value is -2.16. The number of hydrogen-bond donors (Lipinski definition) is 1. The predicted molar refractivity (Wildman–Crippen MR) is 127 cm³/mol. The van der Waals surface area contributed by atoms with Crippen LogP contribution in [0.5, 0.6) is 5.75 Å². The van der Waals surface area contributed by atoms with E-state index in [9.17, 15) is 23.1 Å². The molecule has 3 saturated carbocycles. The Bertz CT molecular complexity index is 1130. The van der Waals surface area contributed by atoms with Crippen LogP contribution in [0.3, 0.4) is 0 Å². The van der Waals surface area contributed by atoms with Crippen molar-refractivity contribution >= 4 is 21.7 Å². The molecule has 35 heavy (non-hydrogen) atoms. The van der Waals surface area contributed by atoms with Crippen LogP contribution >= 0.6 is 0 Å². The summed E-state index contributed by atoms with van der Waals surface area (Å²) in [7, 11) is -3.74. The highest BCUT2D eigenvalue weighted by molar-refractivity contribution is 7.91. The topological polar surface area (TPSA) is 101 Å². The number of carbonyl (C=O) groups excluding carboxylic acids is 1. The summed E-state index contributed by atoms with van der Waals surface area (Å²) >= 11 is 0. The average Bonchev–Trinajstić information content (AvgIpc) is 3.53. The molecule has 1 amide bonds. The molecular weight excluding hydrogens is 473 g/mol. The molecule has 192 valence electrons. The molecule has 4 aliphatic rings. The third-order valence-corrected chi connectivity index (χ3v) is 9.79. The molecule has 3 aliphatic carbocycles. The van der Waals surface area contributed by atoms with E-state index in [4.69, 9.17) is 4.74 Å². The zero-order valence-electron chi connectivity index (χ0n) is 20.3. The van der Waals surface area contributed by atoms with Crippen molar-refractivity contribution in [2.75, 3.05) is 18.2 Å². The van der Waals surface area contributed by atoms with Gasteiger partial charge in [0.2, 0.25) is 0 Å². The maximum Gasteiger partial charge on any atom is 0.327 e. The van der Waals surface area contributed by atoms with Crippen LogP contribution in [-0.4, -0.2) is 54.6 Å². The second-order valence-corrected chi connectivity index (χ2v) is 13.9. The van der Waals surface area contributed by atoms with E-state index < -0.39 is 45.2 Å². The lowest BCUT2D eigenvalue weighted by molar-refractivity contribution is -0.140. The number of hydrogen-bond acceptors (Lipinski definition) is 5. The highest BCUT2D eigenvalue weighted by Gasteiger charge is 2.45. The van der Waals surface area contributed by atoms with Crippen LogP contribution in [0.25, 0.3) is 0 Å². The summed E-state index contributed by atoms with van der Waals surface area (Å²) in [6, 6.07) is 1.17. The van der Waals surface area contributed by atoms with E-state index in [0.29, 0.717) is 24.2 Å². The van der Waals surface area contributed by atoms with E-state index in [1.54, 1.807) is 0 Å². The van der Waals surface area contributed by atoms with E-state index in [1.807, 2.05) is 0 Å². The number of carboxylic acid groups (broad SMARTS) is 1. The van der Waals surface area contributed by atoms with Crippen LogP contribution in [-0.2, 0) is 14.6 Å². The van der Waals surface area contributed by atoms with Crippen molar-refractivity contribution < 1.29 is 32.2 Å². The summed E-state index contributed by atoms with van der Waals surface area (Å²) < 4.78 is 45.5. The van der Waals surface area contributed by atoms with Gasteiger partial charge in [-0.05, 0) is 80.2 Å². The number of fused-ring (bicyclic) bond motifs is 2. The number of aliphatic carboxylic acids is 1. The molecule has 9 heteroatoms. The third kappa shape index (κ3) is 5.06. The highest BCUT2D eigenvalue weighted by Crippen LogP contribution is 2.51. The summed E-state index contributed by atoms with van der Waals surface area (Å²) in [5, 5.41) is 9.40. The van der Waals surface area contributed by atoms with Crippen LogP contribution in [0, 0.1) is 29.0 Å². The standard InChI is InChI=1S/C26H34FNO6S/c1-15-5-16-7-17(6-15)11-26(2,10-16)13-34-23-9-21(27)20(8-19(23)18-3-4-18)24(29)28-14-35(32,33)12-22(28)25(30)31/h8-9,15-18,22H,3-7,10-14H2,1-2H3,(H,30,31)/t15?,16?,17?,22-,26?/m0/s1. The molecule has 5 rings (SSSR count). The van der Waals surface area contributed by atoms with Gasteiger partial charge in [0.1, 0.15) is 23.5 Å². The SMILES string of the molecule is CC1CC2CC(C1)CC(C)(COc1cc(F)c(C(=O)N3CS(=O)(=O)C[C@H]3C(=O)O)cc1C1CC1)C2. The van der Waals surface area contributed by atoms with Gasteiger partial charge >= 0.3 is 5.97 Å². The van der Waals surface area contributed by atoms with Gasteiger partial charge in [0.25, 0.3) is 5.91 Å². The molecule has 4 fully saturated rings. The average molecular weight is 508 g/mol. The van der Waals surface area contributed by atoms with Crippen LogP contribution in [0.1, 0.15) is 80.6 Å². The van der Waals surface area contributed by atoms with Gasteiger partial charge in [-0.25, -0.2) is 17.6 Å². The molecule has 1 aliphatic heterocycles. The molecule has 2 bridgehead atoms. The number of halogens is 1. The lowest BCUT2D eigenvalue weighted by atomic mass is 9.60. The van der Waals surface area contributed by atoms with Crippen molar-refractivity contribution in [2.24, 2.45) is 23.2 Å².